The number of amides is 1. The van der Waals surface area contributed by atoms with Crippen molar-refractivity contribution in [2.75, 3.05) is 13.1 Å². The van der Waals surface area contributed by atoms with Crippen LogP contribution in [0.25, 0.3) is 0 Å². The molecule has 1 aliphatic rings. The second kappa shape index (κ2) is 9.17. The van der Waals surface area contributed by atoms with Gasteiger partial charge in [-0.1, -0.05) is 48.9 Å². The standard InChI is InChI=1S/C22H25N3O/c23-16-18-9-11-19(12-10-18)17-25-14-6-2-5-13-24-22(26)15-21(25)20-7-3-1-4-8-20/h1,3-4,7-12,21H,2,5-6,13-15,17H2,(H,24,26). The van der Waals surface area contributed by atoms with Crippen molar-refractivity contribution in [2.24, 2.45) is 0 Å². The molecule has 1 unspecified atom stereocenters. The van der Waals surface area contributed by atoms with Gasteiger partial charge < -0.3 is 5.32 Å². The Morgan fingerprint density at radius 2 is 1.81 bits per heavy atom. The van der Waals surface area contributed by atoms with E-state index in [0.29, 0.717) is 12.0 Å². The third-order valence-corrected chi connectivity index (χ3v) is 4.92. The average Bonchev–Trinajstić information content (AvgIpc) is 2.69. The molecule has 3 rings (SSSR count). The van der Waals surface area contributed by atoms with Gasteiger partial charge in [-0.3, -0.25) is 9.69 Å². The fourth-order valence-corrected chi connectivity index (χ4v) is 3.49. The lowest BCUT2D eigenvalue weighted by atomic mass is 9.99. The minimum absolute atomic E-state index is 0.0601. The largest absolute Gasteiger partial charge is 0.356 e. The van der Waals surface area contributed by atoms with E-state index in [9.17, 15) is 4.79 Å². The van der Waals surface area contributed by atoms with Gasteiger partial charge in [-0.15, -0.1) is 0 Å². The van der Waals surface area contributed by atoms with Crippen LogP contribution in [0.15, 0.2) is 54.6 Å². The van der Waals surface area contributed by atoms with E-state index in [1.165, 1.54) is 11.1 Å². The maximum absolute atomic E-state index is 12.4. The summed E-state index contributed by atoms with van der Waals surface area (Å²) in [5.74, 6) is 0.116. The number of benzene rings is 2. The lowest BCUT2D eigenvalue weighted by molar-refractivity contribution is -0.122. The normalized spacial score (nSPS) is 19.3. The number of carbonyl (C=O) groups excluding carboxylic acids is 1. The molecule has 4 heteroatoms. The summed E-state index contributed by atoms with van der Waals surface area (Å²) in [6.07, 6.45) is 3.74. The first-order valence-corrected chi connectivity index (χ1v) is 9.31. The van der Waals surface area contributed by atoms with Gasteiger partial charge in [0, 0.05) is 25.6 Å². The van der Waals surface area contributed by atoms with E-state index in [0.717, 1.165) is 38.9 Å². The Bertz CT molecular complexity index is 749. The fourth-order valence-electron chi connectivity index (χ4n) is 3.49. The van der Waals surface area contributed by atoms with Crippen LogP contribution in [0.4, 0.5) is 0 Å². The van der Waals surface area contributed by atoms with E-state index < -0.39 is 0 Å². The zero-order valence-corrected chi connectivity index (χ0v) is 15.0. The molecule has 0 aromatic heterocycles. The summed E-state index contributed by atoms with van der Waals surface area (Å²) in [4.78, 5) is 14.8. The van der Waals surface area contributed by atoms with Gasteiger partial charge in [0.2, 0.25) is 5.91 Å². The molecule has 0 aliphatic carbocycles. The van der Waals surface area contributed by atoms with E-state index in [1.807, 2.05) is 42.5 Å². The Morgan fingerprint density at radius 1 is 1.04 bits per heavy atom. The molecule has 0 spiro atoms. The van der Waals surface area contributed by atoms with Crippen molar-refractivity contribution in [3.05, 3.63) is 71.3 Å². The zero-order chi connectivity index (χ0) is 18.2. The number of carbonyl (C=O) groups is 1. The minimum Gasteiger partial charge on any atom is -0.356 e. The molecule has 26 heavy (non-hydrogen) atoms. The molecule has 1 aliphatic heterocycles. The number of nitrogens with one attached hydrogen (secondary N) is 1. The summed E-state index contributed by atoms with van der Waals surface area (Å²) < 4.78 is 0. The summed E-state index contributed by atoms with van der Waals surface area (Å²) in [7, 11) is 0. The first-order valence-electron chi connectivity index (χ1n) is 9.31. The van der Waals surface area contributed by atoms with E-state index >= 15 is 0 Å². The highest BCUT2D eigenvalue weighted by atomic mass is 16.1. The monoisotopic (exact) mass is 347 g/mol. The van der Waals surface area contributed by atoms with E-state index in [1.54, 1.807) is 0 Å². The third kappa shape index (κ3) is 4.93. The number of rotatable bonds is 3. The molecule has 2 aromatic rings. The van der Waals surface area contributed by atoms with Crippen LogP contribution in [0.5, 0.6) is 0 Å². The zero-order valence-electron chi connectivity index (χ0n) is 15.0. The van der Waals surface area contributed by atoms with Crippen LogP contribution in [-0.2, 0) is 11.3 Å². The van der Waals surface area contributed by atoms with Crippen LogP contribution in [-0.4, -0.2) is 23.9 Å². The van der Waals surface area contributed by atoms with Gasteiger partial charge in [0.25, 0.3) is 0 Å². The molecule has 1 heterocycles. The lowest BCUT2D eigenvalue weighted by Crippen LogP contribution is -2.36. The van der Waals surface area contributed by atoms with Gasteiger partial charge in [-0.25, -0.2) is 0 Å². The predicted octanol–water partition coefficient (Wildman–Crippen LogP) is 3.79. The van der Waals surface area contributed by atoms with Gasteiger partial charge in [0.05, 0.1) is 11.6 Å². The Kier molecular flexibility index (Phi) is 6.40. The second-order valence-corrected chi connectivity index (χ2v) is 6.82. The Hall–Kier alpha value is -2.64. The smallest absolute Gasteiger partial charge is 0.221 e. The third-order valence-electron chi connectivity index (χ3n) is 4.92. The highest BCUT2D eigenvalue weighted by Gasteiger charge is 2.24. The molecular weight excluding hydrogens is 322 g/mol. The number of nitriles is 1. The Morgan fingerprint density at radius 3 is 2.54 bits per heavy atom. The van der Waals surface area contributed by atoms with Crippen molar-refractivity contribution in [3.63, 3.8) is 0 Å². The van der Waals surface area contributed by atoms with Crippen LogP contribution < -0.4 is 5.32 Å². The summed E-state index contributed by atoms with van der Waals surface area (Å²) in [6, 6.07) is 20.3. The van der Waals surface area contributed by atoms with Crippen LogP contribution >= 0.6 is 0 Å². The summed E-state index contributed by atoms with van der Waals surface area (Å²) >= 11 is 0. The first-order chi connectivity index (χ1) is 12.8. The van der Waals surface area contributed by atoms with Gasteiger partial charge in [-0.2, -0.15) is 5.26 Å². The van der Waals surface area contributed by atoms with Crippen molar-refractivity contribution >= 4 is 5.91 Å². The van der Waals surface area contributed by atoms with Crippen molar-refractivity contribution in [3.8, 4) is 6.07 Å². The highest BCUT2D eigenvalue weighted by molar-refractivity contribution is 5.76. The lowest BCUT2D eigenvalue weighted by Gasteiger charge is -2.33. The van der Waals surface area contributed by atoms with Crippen LogP contribution in [0.1, 0.15) is 48.4 Å². The van der Waals surface area contributed by atoms with Crippen LogP contribution in [0.2, 0.25) is 0 Å². The maximum Gasteiger partial charge on any atom is 0.221 e. The quantitative estimate of drug-likeness (QED) is 0.919. The van der Waals surface area contributed by atoms with E-state index in [2.05, 4.69) is 28.4 Å². The molecule has 2 aromatic carbocycles. The molecule has 4 nitrogen and oxygen atoms in total. The fraction of sp³-hybridized carbons (Fsp3) is 0.364. The molecule has 1 saturated heterocycles. The Labute approximate surface area is 155 Å². The molecule has 1 fully saturated rings. The van der Waals surface area contributed by atoms with Crippen LogP contribution in [0, 0.1) is 11.3 Å². The minimum atomic E-state index is 0.0601. The van der Waals surface area contributed by atoms with Crippen molar-refractivity contribution in [1.82, 2.24) is 10.2 Å². The summed E-state index contributed by atoms with van der Waals surface area (Å²) in [5, 5.41) is 12.0. The number of hydrogen-bond acceptors (Lipinski definition) is 3. The Balaban J connectivity index is 1.86. The molecule has 134 valence electrons. The maximum atomic E-state index is 12.4. The highest BCUT2D eigenvalue weighted by Crippen LogP contribution is 2.27. The molecule has 1 atom stereocenters. The van der Waals surface area contributed by atoms with Gasteiger partial charge >= 0.3 is 0 Å². The topological polar surface area (TPSA) is 56.1 Å². The number of hydrogen-bond donors (Lipinski definition) is 1. The molecule has 0 bridgehead atoms. The molecule has 0 saturated carbocycles. The van der Waals surface area contributed by atoms with Crippen molar-refractivity contribution < 1.29 is 4.79 Å². The van der Waals surface area contributed by atoms with Gasteiger partial charge in [0.1, 0.15) is 0 Å². The van der Waals surface area contributed by atoms with Gasteiger partial charge in [-0.05, 0) is 42.6 Å². The molecule has 1 amide bonds. The van der Waals surface area contributed by atoms with E-state index in [4.69, 9.17) is 5.26 Å². The average molecular weight is 347 g/mol. The van der Waals surface area contributed by atoms with E-state index in [-0.39, 0.29) is 11.9 Å². The van der Waals surface area contributed by atoms with Crippen molar-refractivity contribution in [2.45, 2.75) is 38.3 Å². The SMILES string of the molecule is N#Cc1ccc(CN2CCCCCNC(=O)CC2c2ccccc2)cc1. The summed E-state index contributed by atoms with van der Waals surface area (Å²) in [5.41, 5.74) is 3.02. The number of nitrogens with zero attached hydrogens (tertiary/aromatic N) is 2. The van der Waals surface area contributed by atoms with Gasteiger partial charge in [0.15, 0.2) is 0 Å². The van der Waals surface area contributed by atoms with Crippen LogP contribution in [0.3, 0.4) is 0 Å². The molecular formula is C22H25N3O. The first kappa shape index (κ1) is 18.2. The molecule has 1 N–H and O–H groups in total. The van der Waals surface area contributed by atoms with Crippen molar-refractivity contribution in [1.29, 1.82) is 5.26 Å². The second-order valence-electron chi connectivity index (χ2n) is 6.82. The predicted molar refractivity (Wildman–Crippen MR) is 102 cm³/mol. The molecule has 0 radical (unpaired) electrons. The summed E-state index contributed by atoms with van der Waals surface area (Å²) in [6.45, 7) is 2.52.